The third-order valence-electron chi connectivity index (χ3n) is 2.65. The van der Waals surface area contributed by atoms with Crippen LogP contribution in [0.5, 0.6) is 0 Å². The topological polar surface area (TPSA) is 56.7 Å². The molecule has 0 unspecified atom stereocenters. The molecule has 0 aliphatic carbocycles. The molecule has 18 heavy (non-hydrogen) atoms. The zero-order valence-electron chi connectivity index (χ0n) is 10.2. The van der Waals surface area contributed by atoms with Crippen molar-refractivity contribution in [2.75, 3.05) is 5.73 Å². The second-order valence-electron chi connectivity index (χ2n) is 3.89. The average Bonchev–Trinajstić information content (AvgIpc) is 2.77. The Kier molecular flexibility index (Phi) is 3.52. The van der Waals surface area contributed by atoms with E-state index >= 15 is 0 Å². The van der Waals surface area contributed by atoms with Crippen molar-refractivity contribution in [2.24, 2.45) is 0 Å². The molecule has 4 nitrogen and oxygen atoms in total. The number of hydrogen-bond donors (Lipinski definition) is 1. The van der Waals surface area contributed by atoms with Crippen LogP contribution < -0.4 is 5.73 Å². The van der Waals surface area contributed by atoms with Gasteiger partial charge in [0.05, 0.1) is 16.4 Å². The van der Waals surface area contributed by atoms with Crippen molar-refractivity contribution in [1.82, 2.24) is 14.8 Å². The van der Waals surface area contributed by atoms with E-state index < -0.39 is 5.82 Å². The number of aryl methyl sites for hydroxylation is 2. The van der Waals surface area contributed by atoms with E-state index in [1.54, 1.807) is 4.68 Å². The van der Waals surface area contributed by atoms with Crippen molar-refractivity contribution in [1.29, 1.82) is 0 Å². The summed E-state index contributed by atoms with van der Waals surface area (Å²) in [5.74, 6) is 0.943. The molecule has 0 fully saturated rings. The van der Waals surface area contributed by atoms with Gasteiger partial charge in [-0.2, -0.15) is 5.10 Å². The summed E-state index contributed by atoms with van der Waals surface area (Å²) in [4.78, 5) is 4.36. The van der Waals surface area contributed by atoms with Crippen LogP contribution in [0.3, 0.4) is 0 Å². The van der Waals surface area contributed by atoms with Gasteiger partial charge in [0, 0.05) is 18.9 Å². The number of nitrogens with two attached hydrogens (primary N) is 1. The lowest BCUT2D eigenvalue weighted by molar-refractivity contribution is 0.625. The van der Waals surface area contributed by atoms with Crippen LogP contribution in [0, 0.1) is 5.82 Å². The van der Waals surface area contributed by atoms with Crippen LogP contribution in [0.15, 0.2) is 12.1 Å². The van der Waals surface area contributed by atoms with Gasteiger partial charge in [-0.05, 0) is 6.07 Å². The number of hydrogen-bond acceptors (Lipinski definition) is 3. The maximum Gasteiger partial charge on any atom is 0.151 e. The number of aromatic nitrogens is 3. The first-order chi connectivity index (χ1) is 8.56. The molecule has 1 heterocycles. The van der Waals surface area contributed by atoms with Gasteiger partial charge in [-0.25, -0.2) is 14.1 Å². The fourth-order valence-corrected chi connectivity index (χ4v) is 1.87. The third kappa shape index (κ3) is 2.18. The predicted octanol–water partition coefficient (Wildman–Crippen LogP) is 2.77. The molecule has 2 N–H and O–H groups in total. The summed E-state index contributed by atoms with van der Waals surface area (Å²) in [7, 11) is 0. The molecule has 2 aromatic rings. The highest BCUT2D eigenvalue weighted by Gasteiger charge is 2.14. The fraction of sp³-hybridized carbons (Fsp3) is 0.333. The van der Waals surface area contributed by atoms with Crippen LogP contribution in [0.4, 0.5) is 10.1 Å². The Morgan fingerprint density at radius 2 is 2.06 bits per heavy atom. The van der Waals surface area contributed by atoms with Crippen molar-refractivity contribution >= 4 is 17.3 Å². The lowest BCUT2D eigenvalue weighted by Crippen LogP contribution is -2.06. The minimum Gasteiger partial charge on any atom is -0.397 e. The molecule has 0 amide bonds. The van der Waals surface area contributed by atoms with Crippen molar-refractivity contribution in [2.45, 2.75) is 26.7 Å². The van der Waals surface area contributed by atoms with Crippen LogP contribution >= 0.6 is 11.6 Å². The van der Waals surface area contributed by atoms with Crippen LogP contribution in [0.1, 0.15) is 25.5 Å². The Morgan fingerprint density at radius 3 is 2.67 bits per heavy atom. The van der Waals surface area contributed by atoms with Gasteiger partial charge >= 0.3 is 0 Å². The van der Waals surface area contributed by atoms with Crippen LogP contribution in [0.25, 0.3) is 5.69 Å². The van der Waals surface area contributed by atoms with Gasteiger partial charge in [0.1, 0.15) is 11.6 Å². The Labute approximate surface area is 110 Å². The van der Waals surface area contributed by atoms with E-state index in [0.29, 0.717) is 23.6 Å². The number of rotatable bonds is 3. The van der Waals surface area contributed by atoms with E-state index in [4.69, 9.17) is 17.3 Å². The number of nitrogen functional groups attached to an aromatic ring is 1. The van der Waals surface area contributed by atoms with E-state index in [1.165, 1.54) is 12.1 Å². The molecule has 0 aliphatic heterocycles. The highest BCUT2D eigenvalue weighted by atomic mass is 35.5. The summed E-state index contributed by atoms with van der Waals surface area (Å²) in [6.45, 7) is 3.92. The SMILES string of the molecule is CCc1nc(CC)n(-c2cc(F)c(Cl)cc2N)n1. The molecule has 0 atom stereocenters. The number of nitrogens with zero attached hydrogens (tertiary/aromatic N) is 3. The molecule has 1 aromatic carbocycles. The number of anilines is 1. The van der Waals surface area contributed by atoms with Gasteiger partial charge in [0.2, 0.25) is 0 Å². The maximum atomic E-state index is 13.5. The molecule has 6 heteroatoms. The molecular weight excluding hydrogens is 255 g/mol. The molecule has 0 radical (unpaired) electrons. The number of benzene rings is 1. The van der Waals surface area contributed by atoms with Crippen molar-refractivity contribution < 1.29 is 4.39 Å². The van der Waals surface area contributed by atoms with Gasteiger partial charge in [0.15, 0.2) is 5.82 Å². The van der Waals surface area contributed by atoms with E-state index in [1.807, 2.05) is 13.8 Å². The van der Waals surface area contributed by atoms with Crippen LogP contribution in [-0.4, -0.2) is 14.8 Å². The van der Waals surface area contributed by atoms with Crippen molar-refractivity contribution in [3.05, 3.63) is 34.6 Å². The first-order valence-electron chi connectivity index (χ1n) is 5.76. The highest BCUT2D eigenvalue weighted by molar-refractivity contribution is 6.31. The van der Waals surface area contributed by atoms with E-state index in [0.717, 1.165) is 12.2 Å². The fourth-order valence-electron chi connectivity index (χ4n) is 1.70. The first-order valence-corrected chi connectivity index (χ1v) is 6.14. The van der Waals surface area contributed by atoms with Gasteiger partial charge in [-0.1, -0.05) is 25.4 Å². The molecule has 0 aliphatic rings. The Balaban J connectivity index is 2.60. The minimum absolute atomic E-state index is 0.00475. The first kappa shape index (κ1) is 12.8. The number of halogens is 2. The van der Waals surface area contributed by atoms with Crippen LogP contribution in [-0.2, 0) is 12.8 Å². The maximum absolute atomic E-state index is 13.5. The predicted molar refractivity (Wildman–Crippen MR) is 69.5 cm³/mol. The molecule has 0 bridgehead atoms. The lowest BCUT2D eigenvalue weighted by atomic mass is 10.2. The zero-order chi connectivity index (χ0) is 13.3. The molecule has 96 valence electrons. The molecule has 0 spiro atoms. The summed E-state index contributed by atoms with van der Waals surface area (Å²) in [6, 6.07) is 2.67. The minimum atomic E-state index is -0.517. The molecular formula is C12H14ClFN4. The summed E-state index contributed by atoms with van der Waals surface area (Å²) in [6.07, 6.45) is 1.41. The monoisotopic (exact) mass is 268 g/mol. The zero-order valence-corrected chi connectivity index (χ0v) is 11.0. The summed E-state index contributed by atoms with van der Waals surface area (Å²) in [5.41, 5.74) is 6.71. The molecule has 0 saturated heterocycles. The van der Waals surface area contributed by atoms with Gasteiger partial charge < -0.3 is 5.73 Å². The third-order valence-corrected chi connectivity index (χ3v) is 2.94. The second kappa shape index (κ2) is 4.94. The van der Waals surface area contributed by atoms with Gasteiger partial charge in [-0.3, -0.25) is 0 Å². The Morgan fingerprint density at radius 1 is 1.33 bits per heavy atom. The summed E-state index contributed by atoms with van der Waals surface area (Å²) in [5, 5.41) is 4.32. The second-order valence-corrected chi connectivity index (χ2v) is 4.30. The standard InChI is InChI=1S/C12H14ClFN4/c1-3-11-16-12(4-2)18(17-11)10-6-8(14)7(13)5-9(10)15/h5-6H,3-4,15H2,1-2H3. The van der Waals surface area contributed by atoms with Gasteiger partial charge in [-0.15, -0.1) is 0 Å². The van der Waals surface area contributed by atoms with Crippen molar-refractivity contribution in [3.63, 3.8) is 0 Å². The quantitative estimate of drug-likeness (QED) is 0.871. The molecule has 0 saturated carbocycles. The smallest absolute Gasteiger partial charge is 0.151 e. The van der Waals surface area contributed by atoms with Gasteiger partial charge in [0.25, 0.3) is 0 Å². The highest BCUT2D eigenvalue weighted by Crippen LogP contribution is 2.25. The average molecular weight is 269 g/mol. The largest absolute Gasteiger partial charge is 0.397 e. The van der Waals surface area contributed by atoms with Crippen LogP contribution in [0.2, 0.25) is 5.02 Å². The molecule has 2 rings (SSSR count). The summed E-state index contributed by atoms with van der Waals surface area (Å²) >= 11 is 5.68. The van der Waals surface area contributed by atoms with E-state index in [2.05, 4.69) is 10.1 Å². The Hall–Kier alpha value is -1.62. The lowest BCUT2D eigenvalue weighted by Gasteiger charge is -2.08. The normalized spacial score (nSPS) is 10.9. The Bertz CT molecular complexity index is 580. The summed E-state index contributed by atoms with van der Waals surface area (Å²) < 4.78 is 15.1. The molecule has 1 aromatic heterocycles. The van der Waals surface area contributed by atoms with E-state index in [-0.39, 0.29) is 5.02 Å². The van der Waals surface area contributed by atoms with Crippen molar-refractivity contribution in [3.8, 4) is 5.69 Å². The van der Waals surface area contributed by atoms with E-state index in [9.17, 15) is 4.39 Å².